The molecule has 4 heteroatoms. The Morgan fingerprint density at radius 2 is 2.19 bits per heavy atom. The van der Waals surface area contributed by atoms with E-state index in [1.165, 1.54) is 19.1 Å². The molecule has 0 saturated carbocycles. The molecular weight excluding hydrogens is 209 g/mol. The average Bonchev–Trinajstić information content (AvgIpc) is 2.26. The van der Waals surface area contributed by atoms with Crippen molar-refractivity contribution in [2.45, 2.75) is 13.8 Å². The van der Waals surface area contributed by atoms with Gasteiger partial charge in [-0.2, -0.15) is 0 Å². The number of halogens is 1. The maximum Gasteiger partial charge on any atom is 0.161 e. The standard InChI is InChI=1S/C12H16FNO2/c1-3-14(7-8-15)12-10(9(2)16)5-4-6-11(12)13/h4-6,15H,3,7-8H2,1-2H3. The van der Waals surface area contributed by atoms with Crippen LogP contribution >= 0.6 is 0 Å². The number of anilines is 1. The Kier molecular flexibility index (Phi) is 4.43. The number of benzene rings is 1. The second-order valence-electron chi connectivity index (χ2n) is 3.50. The van der Waals surface area contributed by atoms with Gasteiger partial charge in [0.15, 0.2) is 5.78 Å². The molecule has 0 heterocycles. The van der Waals surface area contributed by atoms with Crippen LogP contribution in [0.5, 0.6) is 0 Å². The highest BCUT2D eigenvalue weighted by atomic mass is 19.1. The molecule has 0 radical (unpaired) electrons. The lowest BCUT2D eigenvalue weighted by Gasteiger charge is -2.24. The zero-order chi connectivity index (χ0) is 12.1. The number of aliphatic hydroxyl groups is 1. The van der Waals surface area contributed by atoms with Gasteiger partial charge in [0, 0.05) is 18.7 Å². The second-order valence-corrected chi connectivity index (χ2v) is 3.50. The summed E-state index contributed by atoms with van der Waals surface area (Å²) in [5.41, 5.74) is 0.641. The van der Waals surface area contributed by atoms with Gasteiger partial charge in [-0.15, -0.1) is 0 Å². The van der Waals surface area contributed by atoms with Crippen molar-refractivity contribution in [3.05, 3.63) is 29.6 Å². The van der Waals surface area contributed by atoms with E-state index in [9.17, 15) is 9.18 Å². The number of hydrogen-bond donors (Lipinski definition) is 1. The summed E-state index contributed by atoms with van der Waals surface area (Å²) >= 11 is 0. The van der Waals surface area contributed by atoms with Crippen LogP contribution in [0, 0.1) is 5.82 Å². The van der Waals surface area contributed by atoms with Crippen LogP contribution in [-0.4, -0.2) is 30.6 Å². The molecule has 3 nitrogen and oxygen atoms in total. The SMILES string of the molecule is CCN(CCO)c1c(F)cccc1C(C)=O. The number of aliphatic hydroxyl groups excluding tert-OH is 1. The number of para-hydroxylation sites is 1. The predicted octanol–water partition coefficient (Wildman–Crippen LogP) is 1.85. The van der Waals surface area contributed by atoms with Crippen LogP contribution < -0.4 is 4.90 Å². The number of nitrogens with zero attached hydrogens (tertiary/aromatic N) is 1. The van der Waals surface area contributed by atoms with Crippen LogP contribution in [0.25, 0.3) is 0 Å². The molecule has 0 amide bonds. The maximum atomic E-state index is 13.7. The minimum atomic E-state index is -0.428. The van der Waals surface area contributed by atoms with Gasteiger partial charge in [0.05, 0.1) is 12.3 Å². The Morgan fingerprint density at radius 3 is 2.69 bits per heavy atom. The van der Waals surface area contributed by atoms with E-state index in [2.05, 4.69) is 0 Å². The zero-order valence-corrected chi connectivity index (χ0v) is 9.53. The summed E-state index contributed by atoms with van der Waals surface area (Å²) in [7, 11) is 0. The van der Waals surface area contributed by atoms with E-state index in [-0.39, 0.29) is 18.1 Å². The molecule has 16 heavy (non-hydrogen) atoms. The quantitative estimate of drug-likeness (QED) is 0.777. The van der Waals surface area contributed by atoms with E-state index >= 15 is 0 Å². The topological polar surface area (TPSA) is 40.5 Å². The first-order valence-electron chi connectivity index (χ1n) is 5.27. The molecular formula is C12H16FNO2. The van der Waals surface area contributed by atoms with Crippen LogP contribution in [0.15, 0.2) is 18.2 Å². The van der Waals surface area contributed by atoms with E-state index in [1.54, 1.807) is 11.0 Å². The van der Waals surface area contributed by atoms with Crippen LogP contribution in [0.2, 0.25) is 0 Å². The molecule has 1 aromatic rings. The maximum absolute atomic E-state index is 13.7. The van der Waals surface area contributed by atoms with Crippen molar-refractivity contribution >= 4 is 11.5 Å². The van der Waals surface area contributed by atoms with E-state index in [4.69, 9.17) is 5.11 Å². The Balaban J connectivity index is 3.22. The fourth-order valence-corrected chi connectivity index (χ4v) is 1.67. The van der Waals surface area contributed by atoms with Crippen molar-refractivity contribution in [3.8, 4) is 0 Å². The molecule has 1 rings (SSSR count). The second kappa shape index (κ2) is 5.61. The van der Waals surface area contributed by atoms with Gasteiger partial charge in [0.2, 0.25) is 0 Å². The van der Waals surface area contributed by atoms with Gasteiger partial charge in [-0.05, 0) is 26.0 Å². The summed E-state index contributed by atoms with van der Waals surface area (Å²) in [5.74, 6) is -0.603. The van der Waals surface area contributed by atoms with Crippen molar-refractivity contribution in [1.29, 1.82) is 0 Å². The van der Waals surface area contributed by atoms with Crippen molar-refractivity contribution in [2.24, 2.45) is 0 Å². The number of Topliss-reactive ketones (excluding diaryl/α,β-unsaturated/α-hetero) is 1. The fourth-order valence-electron chi connectivity index (χ4n) is 1.67. The third-order valence-electron chi connectivity index (χ3n) is 2.43. The van der Waals surface area contributed by atoms with Crippen molar-refractivity contribution in [1.82, 2.24) is 0 Å². The highest BCUT2D eigenvalue weighted by Gasteiger charge is 2.16. The van der Waals surface area contributed by atoms with Gasteiger partial charge in [-0.1, -0.05) is 6.07 Å². The number of carbonyl (C=O) groups excluding carboxylic acids is 1. The number of carbonyl (C=O) groups is 1. The Morgan fingerprint density at radius 1 is 1.50 bits per heavy atom. The monoisotopic (exact) mass is 225 g/mol. The molecule has 88 valence electrons. The van der Waals surface area contributed by atoms with E-state index in [0.29, 0.717) is 18.7 Å². The van der Waals surface area contributed by atoms with Gasteiger partial charge in [-0.3, -0.25) is 4.79 Å². The molecule has 1 aromatic carbocycles. The normalized spacial score (nSPS) is 10.2. The summed E-state index contributed by atoms with van der Waals surface area (Å²) in [6.07, 6.45) is 0. The number of likely N-dealkylation sites (N-methyl/N-ethyl adjacent to an activating group) is 1. The minimum Gasteiger partial charge on any atom is -0.395 e. The molecule has 0 fully saturated rings. The molecule has 0 aliphatic heterocycles. The van der Waals surface area contributed by atoms with Crippen molar-refractivity contribution in [3.63, 3.8) is 0 Å². The third kappa shape index (κ3) is 2.58. The van der Waals surface area contributed by atoms with Crippen LogP contribution in [0.3, 0.4) is 0 Å². The first kappa shape index (κ1) is 12.6. The van der Waals surface area contributed by atoms with Crippen molar-refractivity contribution in [2.75, 3.05) is 24.6 Å². The summed E-state index contributed by atoms with van der Waals surface area (Å²) in [5, 5.41) is 8.90. The molecule has 0 unspecified atom stereocenters. The van der Waals surface area contributed by atoms with Gasteiger partial charge in [0.1, 0.15) is 5.82 Å². The highest BCUT2D eigenvalue weighted by molar-refractivity contribution is 5.99. The van der Waals surface area contributed by atoms with Gasteiger partial charge in [0.25, 0.3) is 0 Å². The Hall–Kier alpha value is -1.42. The average molecular weight is 225 g/mol. The molecule has 0 saturated heterocycles. The van der Waals surface area contributed by atoms with E-state index in [0.717, 1.165) is 0 Å². The van der Waals surface area contributed by atoms with Crippen LogP contribution in [-0.2, 0) is 0 Å². The largest absolute Gasteiger partial charge is 0.395 e. The molecule has 0 aliphatic carbocycles. The van der Waals surface area contributed by atoms with Gasteiger partial charge < -0.3 is 10.0 Å². The van der Waals surface area contributed by atoms with E-state index < -0.39 is 5.82 Å². The fraction of sp³-hybridized carbons (Fsp3) is 0.417. The van der Waals surface area contributed by atoms with Crippen molar-refractivity contribution < 1.29 is 14.3 Å². The Labute approximate surface area is 94.5 Å². The van der Waals surface area contributed by atoms with Crippen LogP contribution in [0.1, 0.15) is 24.2 Å². The molecule has 0 bridgehead atoms. The summed E-state index contributed by atoms with van der Waals surface area (Å²) in [6, 6.07) is 4.44. The summed E-state index contributed by atoms with van der Waals surface area (Å²) in [4.78, 5) is 13.0. The summed E-state index contributed by atoms with van der Waals surface area (Å²) in [6.45, 7) is 4.05. The Bertz CT molecular complexity index is 379. The lowest BCUT2D eigenvalue weighted by atomic mass is 10.1. The number of rotatable bonds is 5. The highest BCUT2D eigenvalue weighted by Crippen LogP contribution is 2.24. The predicted molar refractivity (Wildman–Crippen MR) is 61.4 cm³/mol. The summed E-state index contributed by atoms with van der Waals surface area (Å²) < 4.78 is 13.7. The molecule has 0 spiro atoms. The number of hydrogen-bond acceptors (Lipinski definition) is 3. The first-order chi connectivity index (χ1) is 7.61. The molecule has 0 atom stereocenters. The first-order valence-corrected chi connectivity index (χ1v) is 5.27. The van der Waals surface area contributed by atoms with Gasteiger partial charge in [-0.25, -0.2) is 4.39 Å². The van der Waals surface area contributed by atoms with E-state index in [1.807, 2.05) is 6.92 Å². The minimum absolute atomic E-state index is 0.0699. The molecule has 0 aromatic heterocycles. The molecule has 1 N–H and O–H groups in total. The van der Waals surface area contributed by atoms with Crippen LogP contribution in [0.4, 0.5) is 10.1 Å². The lowest BCUT2D eigenvalue weighted by molar-refractivity contribution is 0.101. The van der Waals surface area contributed by atoms with Gasteiger partial charge >= 0.3 is 0 Å². The number of ketones is 1. The molecule has 0 aliphatic rings. The lowest BCUT2D eigenvalue weighted by Crippen LogP contribution is -2.28. The third-order valence-corrected chi connectivity index (χ3v) is 2.43. The smallest absolute Gasteiger partial charge is 0.161 e. The zero-order valence-electron chi connectivity index (χ0n) is 9.53.